The van der Waals surface area contributed by atoms with Gasteiger partial charge in [-0.25, -0.2) is 0 Å². The van der Waals surface area contributed by atoms with Gasteiger partial charge in [0.2, 0.25) is 0 Å². The second-order valence-corrected chi connectivity index (χ2v) is 6.26. The van der Waals surface area contributed by atoms with Gasteiger partial charge >= 0.3 is 0 Å². The van der Waals surface area contributed by atoms with Crippen LogP contribution < -0.4 is 14.8 Å². The molecule has 1 atom stereocenters. The molecular formula is C22H29NO3. The average molecular weight is 355 g/mol. The highest BCUT2D eigenvalue weighted by Crippen LogP contribution is 2.16. The summed E-state index contributed by atoms with van der Waals surface area (Å²) < 4.78 is 11.1. The summed E-state index contributed by atoms with van der Waals surface area (Å²) in [7, 11) is 1.67. The summed E-state index contributed by atoms with van der Waals surface area (Å²) in [6.45, 7) is 4.70. The molecule has 0 saturated heterocycles. The van der Waals surface area contributed by atoms with Gasteiger partial charge in [0.1, 0.15) is 11.5 Å². The van der Waals surface area contributed by atoms with Crippen LogP contribution in [0, 0.1) is 0 Å². The Balaban J connectivity index is 1.77. The highest BCUT2D eigenvalue weighted by molar-refractivity contribution is 5.81. The SMILES string of the molecule is CCc1ccc(OC(CC)C(=O)NCCCc2cccc(OC)c2)cc1. The third kappa shape index (κ3) is 6.10. The first-order chi connectivity index (χ1) is 12.7. The molecule has 0 aliphatic heterocycles. The van der Waals surface area contributed by atoms with Gasteiger partial charge in [-0.1, -0.05) is 38.1 Å². The van der Waals surface area contributed by atoms with E-state index < -0.39 is 6.10 Å². The number of ether oxygens (including phenoxy) is 2. The normalized spacial score (nSPS) is 11.7. The topological polar surface area (TPSA) is 47.6 Å². The highest BCUT2D eigenvalue weighted by atomic mass is 16.5. The smallest absolute Gasteiger partial charge is 0.261 e. The molecule has 0 fully saturated rings. The fraction of sp³-hybridized carbons (Fsp3) is 0.409. The van der Waals surface area contributed by atoms with Gasteiger partial charge in [0, 0.05) is 6.54 Å². The van der Waals surface area contributed by atoms with Gasteiger partial charge in [0.05, 0.1) is 7.11 Å². The Kier molecular flexibility index (Phi) is 8.00. The lowest BCUT2D eigenvalue weighted by molar-refractivity contribution is -0.128. The molecule has 0 bridgehead atoms. The summed E-state index contributed by atoms with van der Waals surface area (Å²) in [5.74, 6) is 1.54. The van der Waals surface area contributed by atoms with Crippen LogP contribution in [0.2, 0.25) is 0 Å². The summed E-state index contributed by atoms with van der Waals surface area (Å²) >= 11 is 0. The predicted octanol–water partition coefficient (Wildman–Crippen LogP) is 4.16. The van der Waals surface area contributed by atoms with Crippen molar-refractivity contribution in [2.45, 2.75) is 45.6 Å². The van der Waals surface area contributed by atoms with Crippen LogP contribution >= 0.6 is 0 Å². The van der Waals surface area contributed by atoms with Crippen molar-refractivity contribution in [1.29, 1.82) is 0 Å². The first-order valence-electron chi connectivity index (χ1n) is 9.32. The molecule has 140 valence electrons. The van der Waals surface area contributed by atoms with Crippen LogP contribution in [0.3, 0.4) is 0 Å². The largest absolute Gasteiger partial charge is 0.497 e. The molecule has 0 aliphatic carbocycles. The van der Waals surface area contributed by atoms with E-state index in [1.807, 2.05) is 49.4 Å². The summed E-state index contributed by atoms with van der Waals surface area (Å²) in [5.41, 5.74) is 2.46. The van der Waals surface area contributed by atoms with Gasteiger partial charge in [-0.3, -0.25) is 4.79 Å². The molecule has 0 saturated carbocycles. The first-order valence-corrected chi connectivity index (χ1v) is 9.32. The lowest BCUT2D eigenvalue weighted by atomic mass is 10.1. The Morgan fingerprint density at radius 2 is 1.81 bits per heavy atom. The lowest BCUT2D eigenvalue weighted by Gasteiger charge is -2.17. The highest BCUT2D eigenvalue weighted by Gasteiger charge is 2.17. The van der Waals surface area contributed by atoms with Gasteiger partial charge in [0.25, 0.3) is 5.91 Å². The number of carbonyl (C=O) groups is 1. The molecule has 2 aromatic carbocycles. The van der Waals surface area contributed by atoms with E-state index in [1.165, 1.54) is 11.1 Å². The average Bonchev–Trinajstić information content (AvgIpc) is 2.69. The van der Waals surface area contributed by atoms with Crippen molar-refractivity contribution in [3.05, 3.63) is 59.7 Å². The molecule has 0 radical (unpaired) electrons. The maximum absolute atomic E-state index is 12.4. The third-order valence-electron chi connectivity index (χ3n) is 4.35. The number of amides is 1. The lowest BCUT2D eigenvalue weighted by Crippen LogP contribution is -2.38. The van der Waals surface area contributed by atoms with Crippen molar-refractivity contribution in [1.82, 2.24) is 5.32 Å². The molecule has 2 aromatic rings. The van der Waals surface area contributed by atoms with Crippen molar-refractivity contribution >= 4 is 5.91 Å². The molecule has 0 aliphatic rings. The van der Waals surface area contributed by atoms with Gasteiger partial charge < -0.3 is 14.8 Å². The Morgan fingerprint density at radius 1 is 1.04 bits per heavy atom. The van der Waals surface area contributed by atoms with Gasteiger partial charge in [-0.15, -0.1) is 0 Å². The van der Waals surface area contributed by atoms with E-state index in [0.29, 0.717) is 13.0 Å². The Hall–Kier alpha value is -2.49. The fourth-order valence-corrected chi connectivity index (χ4v) is 2.74. The van der Waals surface area contributed by atoms with E-state index in [-0.39, 0.29) is 5.91 Å². The number of rotatable bonds is 10. The van der Waals surface area contributed by atoms with Crippen LogP contribution in [-0.2, 0) is 17.6 Å². The Labute approximate surface area is 156 Å². The number of aryl methyl sites for hydroxylation is 2. The summed E-state index contributed by atoms with van der Waals surface area (Å²) in [6, 6.07) is 15.9. The number of hydrogen-bond acceptors (Lipinski definition) is 3. The summed E-state index contributed by atoms with van der Waals surface area (Å²) in [5, 5.41) is 2.98. The van der Waals surface area contributed by atoms with Crippen LogP contribution in [0.15, 0.2) is 48.5 Å². The van der Waals surface area contributed by atoms with Crippen molar-refractivity contribution < 1.29 is 14.3 Å². The van der Waals surface area contributed by atoms with E-state index in [2.05, 4.69) is 18.3 Å². The quantitative estimate of drug-likeness (QED) is 0.651. The van der Waals surface area contributed by atoms with Crippen LogP contribution in [0.5, 0.6) is 11.5 Å². The first kappa shape index (κ1) is 19.8. The molecule has 0 heterocycles. The minimum Gasteiger partial charge on any atom is -0.497 e. The molecule has 4 heteroatoms. The van der Waals surface area contributed by atoms with Crippen LogP contribution in [0.1, 0.15) is 37.8 Å². The van der Waals surface area contributed by atoms with E-state index in [0.717, 1.165) is 30.8 Å². The van der Waals surface area contributed by atoms with E-state index >= 15 is 0 Å². The molecule has 4 nitrogen and oxygen atoms in total. The maximum atomic E-state index is 12.4. The molecule has 1 amide bonds. The van der Waals surface area contributed by atoms with E-state index in [4.69, 9.17) is 9.47 Å². The number of methoxy groups -OCH3 is 1. The molecule has 1 unspecified atom stereocenters. The molecule has 26 heavy (non-hydrogen) atoms. The number of benzene rings is 2. The summed E-state index contributed by atoms with van der Waals surface area (Å²) in [4.78, 5) is 12.4. The minimum atomic E-state index is -0.459. The zero-order chi connectivity index (χ0) is 18.8. The van der Waals surface area contributed by atoms with Crippen LogP contribution in [0.4, 0.5) is 0 Å². The molecule has 2 rings (SSSR count). The Morgan fingerprint density at radius 3 is 2.46 bits per heavy atom. The van der Waals surface area contributed by atoms with Crippen molar-refractivity contribution in [3.63, 3.8) is 0 Å². The van der Waals surface area contributed by atoms with Gasteiger partial charge in [0.15, 0.2) is 6.10 Å². The minimum absolute atomic E-state index is 0.0577. The van der Waals surface area contributed by atoms with Crippen molar-refractivity contribution in [2.24, 2.45) is 0 Å². The maximum Gasteiger partial charge on any atom is 0.261 e. The number of carbonyl (C=O) groups excluding carboxylic acids is 1. The second kappa shape index (κ2) is 10.5. The number of hydrogen-bond donors (Lipinski definition) is 1. The fourth-order valence-electron chi connectivity index (χ4n) is 2.74. The Bertz CT molecular complexity index is 682. The second-order valence-electron chi connectivity index (χ2n) is 6.26. The molecule has 0 spiro atoms. The molecule has 1 N–H and O–H groups in total. The van der Waals surface area contributed by atoms with Crippen molar-refractivity contribution in [2.75, 3.05) is 13.7 Å². The van der Waals surface area contributed by atoms with E-state index in [1.54, 1.807) is 7.11 Å². The zero-order valence-electron chi connectivity index (χ0n) is 16.0. The van der Waals surface area contributed by atoms with Crippen molar-refractivity contribution in [3.8, 4) is 11.5 Å². The van der Waals surface area contributed by atoms with Crippen LogP contribution in [0.25, 0.3) is 0 Å². The van der Waals surface area contributed by atoms with Gasteiger partial charge in [-0.05, 0) is 61.1 Å². The standard InChI is InChI=1S/C22H29NO3/c1-4-17-11-13-19(14-12-17)26-21(5-2)22(24)23-15-7-9-18-8-6-10-20(16-18)25-3/h6,8,10-14,16,21H,4-5,7,9,15H2,1-3H3,(H,23,24). The molecular weight excluding hydrogens is 326 g/mol. The van der Waals surface area contributed by atoms with Gasteiger partial charge in [-0.2, -0.15) is 0 Å². The third-order valence-corrected chi connectivity index (χ3v) is 4.35. The molecule has 0 aromatic heterocycles. The van der Waals surface area contributed by atoms with Crippen LogP contribution in [-0.4, -0.2) is 25.7 Å². The predicted molar refractivity (Wildman–Crippen MR) is 105 cm³/mol. The summed E-state index contributed by atoms with van der Waals surface area (Å²) in [6.07, 6.45) is 2.94. The number of nitrogens with one attached hydrogen (secondary N) is 1. The monoisotopic (exact) mass is 355 g/mol. The zero-order valence-corrected chi connectivity index (χ0v) is 16.0. The van der Waals surface area contributed by atoms with E-state index in [9.17, 15) is 4.79 Å².